The van der Waals surface area contributed by atoms with Crippen molar-refractivity contribution >= 4 is 0 Å². The molecule has 0 saturated heterocycles. The van der Waals surface area contributed by atoms with Crippen molar-refractivity contribution in [3.8, 4) is 0 Å². The monoisotopic (exact) mass is 86.1 g/mol. The first-order valence-corrected chi connectivity index (χ1v) is 2.53. The van der Waals surface area contributed by atoms with E-state index in [0.29, 0.717) is 11.8 Å². The Morgan fingerprint density at radius 3 is 1.67 bits per heavy atom. The highest BCUT2D eigenvalue weighted by atomic mass is 19.1. The largest absolute Gasteiger partial charge is 0.247 e. The molecule has 6 heavy (non-hydrogen) atoms. The molecule has 3 atom stereocenters. The smallest absolute Gasteiger partial charge is 0.106 e. The Kier molecular flexibility index (Phi) is 0.319. The molecule has 0 aliphatic heterocycles. The maximum Gasteiger partial charge on any atom is 0.106 e. The van der Waals surface area contributed by atoms with Crippen molar-refractivity contribution in [3.05, 3.63) is 0 Å². The predicted molar refractivity (Wildman–Crippen MR) is 21.1 cm³/mol. The minimum absolute atomic E-state index is 0.370. The summed E-state index contributed by atoms with van der Waals surface area (Å²) in [5.74, 6) is 1.06. The molecule has 0 aromatic carbocycles. The highest BCUT2D eigenvalue weighted by Gasteiger charge is 2.57. The first-order valence-electron chi connectivity index (χ1n) is 2.53. The summed E-state index contributed by atoms with van der Waals surface area (Å²) < 4.78 is 12.0. The molecule has 0 aromatic rings. The molecule has 2 fully saturated rings. The first kappa shape index (κ1) is 3.00. The van der Waals surface area contributed by atoms with Gasteiger partial charge in [-0.25, -0.2) is 4.39 Å². The first-order chi connectivity index (χ1) is 2.89. The lowest BCUT2D eigenvalue weighted by atomic mass is 10.0. The van der Waals surface area contributed by atoms with E-state index in [9.17, 15) is 4.39 Å². The molecule has 2 aliphatic rings. The third kappa shape index (κ3) is 0.151. The van der Waals surface area contributed by atoms with E-state index in [1.54, 1.807) is 0 Å². The average Bonchev–Trinajstić information content (AvgIpc) is 1.63. The Morgan fingerprint density at radius 1 is 1.17 bits per heavy atom. The van der Waals surface area contributed by atoms with E-state index < -0.39 is 0 Å². The van der Waals surface area contributed by atoms with Crippen LogP contribution in [-0.2, 0) is 0 Å². The van der Waals surface area contributed by atoms with Gasteiger partial charge in [-0.1, -0.05) is 0 Å². The minimum Gasteiger partial charge on any atom is -0.247 e. The number of alkyl halides is 1. The molecule has 0 N–H and O–H groups in total. The lowest BCUT2D eigenvalue weighted by Crippen LogP contribution is -1.93. The zero-order valence-electron chi connectivity index (χ0n) is 3.52. The number of halogens is 1. The third-order valence-corrected chi connectivity index (χ3v) is 2.06. The summed E-state index contributed by atoms with van der Waals surface area (Å²) in [4.78, 5) is 0. The maximum atomic E-state index is 12.0. The van der Waals surface area contributed by atoms with E-state index in [1.165, 1.54) is 12.8 Å². The summed E-state index contributed by atoms with van der Waals surface area (Å²) in [5, 5.41) is 0. The van der Waals surface area contributed by atoms with E-state index in [0.717, 1.165) is 0 Å². The SMILES string of the molecule is FC1[C@H]2CC[C@@H]12. The molecule has 2 saturated carbocycles. The highest BCUT2D eigenvalue weighted by Crippen LogP contribution is 2.57. The van der Waals surface area contributed by atoms with Gasteiger partial charge in [0.2, 0.25) is 0 Å². The van der Waals surface area contributed by atoms with Crippen LogP contribution in [0.2, 0.25) is 0 Å². The molecular formula is C5H7F. The van der Waals surface area contributed by atoms with E-state index in [1.807, 2.05) is 0 Å². The van der Waals surface area contributed by atoms with Crippen LogP contribution in [0.5, 0.6) is 0 Å². The summed E-state index contributed by atoms with van der Waals surface area (Å²) in [6, 6.07) is 0. The van der Waals surface area contributed by atoms with E-state index in [-0.39, 0.29) is 6.17 Å². The Labute approximate surface area is 36.4 Å². The fourth-order valence-corrected chi connectivity index (χ4v) is 1.27. The van der Waals surface area contributed by atoms with Crippen LogP contribution in [0.25, 0.3) is 0 Å². The number of rotatable bonds is 0. The quantitative estimate of drug-likeness (QED) is 0.417. The molecule has 1 unspecified atom stereocenters. The second kappa shape index (κ2) is 0.637. The molecule has 0 nitrogen and oxygen atoms in total. The van der Waals surface area contributed by atoms with Crippen molar-refractivity contribution < 1.29 is 4.39 Å². The van der Waals surface area contributed by atoms with Crippen LogP contribution >= 0.6 is 0 Å². The summed E-state index contributed by atoms with van der Waals surface area (Å²) in [7, 11) is 0. The van der Waals surface area contributed by atoms with Crippen LogP contribution in [0, 0.1) is 11.8 Å². The van der Waals surface area contributed by atoms with E-state index in [2.05, 4.69) is 0 Å². The number of hydrogen-bond acceptors (Lipinski definition) is 0. The van der Waals surface area contributed by atoms with Gasteiger partial charge in [0.25, 0.3) is 0 Å². The van der Waals surface area contributed by atoms with Crippen LogP contribution in [0.1, 0.15) is 12.8 Å². The Bertz CT molecular complexity index is 63.3. The molecule has 0 spiro atoms. The van der Waals surface area contributed by atoms with Gasteiger partial charge in [-0.05, 0) is 24.7 Å². The van der Waals surface area contributed by atoms with Crippen LogP contribution in [-0.4, -0.2) is 6.17 Å². The lowest BCUT2D eigenvalue weighted by molar-refractivity contribution is 0.453. The lowest BCUT2D eigenvalue weighted by Gasteiger charge is -2.02. The van der Waals surface area contributed by atoms with Crippen molar-refractivity contribution in [3.63, 3.8) is 0 Å². The molecule has 2 rings (SSSR count). The second-order valence-corrected chi connectivity index (χ2v) is 2.35. The average molecular weight is 86.1 g/mol. The van der Waals surface area contributed by atoms with E-state index >= 15 is 0 Å². The molecule has 0 amide bonds. The van der Waals surface area contributed by atoms with Gasteiger partial charge >= 0.3 is 0 Å². The van der Waals surface area contributed by atoms with Gasteiger partial charge in [-0.15, -0.1) is 0 Å². The summed E-state index contributed by atoms with van der Waals surface area (Å²) in [6.45, 7) is 0. The normalized spacial score (nSPS) is 62.5. The summed E-state index contributed by atoms with van der Waals surface area (Å²) in [5.41, 5.74) is 0. The topological polar surface area (TPSA) is 0 Å². The Balaban J connectivity index is 2.11. The standard InChI is InChI=1S/C5H7F/c6-5-3-1-2-4(3)5/h3-5H,1-2H2/t3-,4+,5?. The van der Waals surface area contributed by atoms with Crippen LogP contribution in [0.15, 0.2) is 0 Å². The number of fused-ring (bicyclic) bond motifs is 1. The van der Waals surface area contributed by atoms with E-state index in [4.69, 9.17) is 0 Å². The molecule has 1 heteroatoms. The van der Waals surface area contributed by atoms with Gasteiger partial charge < -0.3 is 0 Å². The van der Waals surface area contributed by atoms with Crippen LogP contribution < -0.4 is 0 Å². The van der Waals surface area contributed by atoms with Gasteiger partial charge in [0.1, 0.15) is 6.17 Å². The molecule has 0 aromatic heterocycles. The van der Waals surface area contributed by atoms with Crippen LogP contribution in [0.4, 0.5) is 4.39 Å². The second-order valence-electron chi connectivity index (χ2n) is 2.35. The molecule has 2 aliphatic carbocycles. The summed E-state index contributed by atoms with van der Waals surface area (Å²) >= 11 is 0. The Hall–Kier alpha value is -0.0700. The Morgan fingerprint density at radius 2 is 1.67 bits per heavy atom. The zero-order chi connectivity index (χ0) is 4.15. The van der Waals surface area contributed by atoms with Crippen molar-refractivity contribution in [1.29, 1.82) is 0 Å². The van der Waals surface area contributed by atoms with Gasteiger partial charge in [0, 0.05) is 0 Å². The van der Waals surface area contributed by atoms with Crippen molar-refractivity contribution in [2.75, 3.05) is 0 Å². The van der Waals surface area contributed by atoms with Crippen molar-refractivity contribution in [2.45, 2.75) is 19.0 Å². The van der Waals surface area contributed by atoms with Crippen molar-refractivity contribution in [1.82, 2.24) is 0 Å². The maximum absolute atomic E-state index is 12.0. The third-order valence-electron chi connectivity index (χ3n) is 2.06. The number of hydrogen-bond donors (Lipinski definition) is 0. The van der Waals surface area contributed by atoms with Gasteiger partial charge in [0.15, 0.2) is 0 Å². The van der Waals surface area contributed by atoms with Crippen LogP contribution in [0.3, 0.4) is 0 Å². The molecular weight excluding hydrogens is 79.1 g/mol. The fourth-order valence-electron chi connectivity index (χ4n) is 1.27. The minimum atomic E-state index is -0.370. The fraction of sp³-hybridized carbons (Fsp3) is 1.00. The molecule has 0 heterocycles. The van der Waals surface area contributed by atoms with Gasteiger partial charge in [-0.2, -0.15) is 0 Å². The van der Waals surface area contributed by atoms with Gasteiger partial charge in [-0.3, -0.25) is 0 Å². The van der Waals surface area contributed by atoms with Gasteiger partial charge in [0.05, 0.1) is 0 Å². The zero-order valence-corrected chi connectivity index (χ0v) is 3.52. The highest BCUT2D eigenvalue weighted by molar-refractivity contribution is 5.05. The summed E-state index contributed by atoms with van der Waals surface area (Å²) in [6.07, 6.45) is 1.97. The molecule has 0 bridgehead atoms. The molecule has 34 valence electrons. The predicted octanol–water partition coefficient (Wildman–Crippen LogP) is 1.36. The molecule has 0 radical (unpaired) electrons. The van der Waals surface area contributed by atoms with Crippen molar-refractivity contribution in [2.24, 2.45) is 11.8 Å².